The molecule has 2 aromatic carbocycles. The Labute approximate surface area is 155 Å². The highest BCUT2D eigenvalue weighted by Gasteiger charge is 2.18. The lowest BCUT2D eigenvalue weighted by Crippen LogP contribution is -2.39. The monoisotopic (exact) mass is 357 g/mol. The number of hydrogen-bond donors (Lipinski definition) is 1. The zero-order valence-corrected chi connectivity index (χ0v) is 15.9. The molecule has 0 spiro atoms. The van der Waals surface area contributed by atoms with Crippen LogP contribution in [0.25, 0.3) is 0 Å². The van der Waals surface area contributed by atoms with Gasteiger partial charge in [0.1, 0.15) is 12.4 Å². The van der Waals surface area contributed by atoms with Crippen LogP contribution in [0.5, 0.6) is 17.2 Å². The molecule has 1 atom stereocenters. The second kappa shape index (κ2) is 9.70. The molecule has 2 rings (SSSR count). The van der Waals surface area contributed by atoms with E-state index in [9.17, 15) is 4.79 Å². The summed E-state index contributed by atoms with van der Waals surface area (Å²) in [5, 5.41) is 2.86. The fourth-order valence-corrected chi connectivity index (χ4v) is 2.46. The number of aryl methyl sites for hydroxylation is 2. The Balaban J connectivity index is 1.82. The van der Waals surface area contributed by atoms with Crippen molar-refractivity contribution in [3.05, 3.63) is 53.6 Å². The molecule has 0 saturated heterocycles. The van der Waals surface area contributed by atoms with Crippen LogP contribution in [0.3, 0.4) is 0 Å². The third kappa shape index (κ3) is 5.41. The Bertz CT molecular complexity index is 730. The minimum Gasteiger partial charge on any atom is -0.493 e. The number of methoxy groups -OCH3 is 1. The molecule has 0 aliphatic carbocycles. The van der Waals surface area contributed by atoms with Gasteiger partial charge in [0.15, 0.2) is 17.6 Å². The van der Waals surface area contributed by atoms with E-state index in [1.54, 1.807) is 7.11 Å². The van der Waals surface area contributed by atoms with Crippen LogP contribution in [-0.2, 0) is 4.79 Å². The summed E-state index contributed by atoms with van der Waals surface area (Å²) < 4.78 is 16.7. The molecule has 0 heterocycles. The topological polar surface area (TPSA) is 56.8 Å². The number of carbonyl (C=O) groups excluding carboxylic acids is 1. The zero-order chi connectivity index (χ0) is 18.9. The SMILES string of the molecule is CC[C@@H](Oc1ccc(C)c(C)c1)C(=O)NCCOc1ccccc1OC. The Morgan fingerprint density at radius 3 is 2.46 bits per heavy atom. The number of para-hydroxylation sites is 2. The third-order valence-corrected chi connectivity index (χ3v) is 4.15. The number of hydrogen-bond acceptors (Lipinski definition) is 4. The molecular weight excluding hydrogens is 330 g/mol. The predicted octanol–water partition coefficient (Wildman–Crippen LogP) is 3.66. The van der Waals surface area contributed by atoms with Gasteiger partial charge in [0.05, 0.1) is 13.7 Å². The third-order valence-electron chi connectivity index (χ3n) is 4.15. The molecule has 140 valence electrons. The fraction of sp³-hybridized carbons (Fsp3) is 0.381. The molecule has 0 unspecified atom stereocenters. The van der Waals surface area contributed by atoms with Crippen molar-refractivity contribution in [1.29, 1.82) is 0 Å². The number of amides is 1. The van der Waals surface area contributed by atoms with Gasteiger partial charge in [0.2, 0.25) is 0 Å². The van der Waals surface area contributed by atoms with Crippen LogP contribution >= 0.6 is 0 Å². The van der Waals surface area contributed by atoms with Crippen LogP contribution in [-0.4, -0.2) is 32.3 Å². The summed E-state index contributed by atoms with van der Waals surface area (Å²) in [6.07, 6.45) is 0.0647. The zero-order valence-electron chi connectivity index (χ0n) is 15.9. The molecular formula is C21H27NO4. The summed E-state index contributed by atoms with van der Waals surface area (Å²) in [5.41, 5.74) is 2.34. The highest BCUT2D eigenvalue weighted by Crippen LogP contribution is 2.25. The second-order valence-electron chi connectivity index (χ2n) is 6.05. The van der Waals surface area contributed by atoms with E-state index < -0.39 is 6.10 Å². The smallest absolute Gasteiger partial charge is 0.261 e. The van der Waals surface area contributed by atoms with Crippen molar-refractivity contribution >= 4 is 5.91 Å². The van der Waals surface area contributed by atoms with Gasteiger partial charge in [0.25, 0.3) is 5.91 Å². The number of carbonyl (C=O) groups is 1. The quantitative estimate of drug-likeness (QED) is 0.696. The highest BCUT2D eigenvalue weighted by atomic mass is 16.5. The first-order valence-corrected chi connectivity index (χ1v) is 8.82. The maximum absolute atomic E-state index is 12.3. The largest absolute Gasteiger partial charge is 0.493 e. The molecule has 0 saturated carbocycles. The lowest BCUT2D eigenvalue weighted by molar-refractivity contribution is -0.128. The summed E-state index contributed by atoms with van der Waals surface area (Å²) in [5.74, 6) is 1.89. The van der Waals surface area contributed by atoms with Crippen LogP contribution in [0.4, 0.5) is 0 Å². The molecule has 0 aromatic heterocycles. The van der Waals surface area contributed by atoms with Gasteiger partial charge in [-0.3, -0.25) is 4.79 Å². The van der Waals surface area contributed by atoms with Crippen LogP contribution < -0.4 is 19.5 Å². The van der Waals surface area contributed by atoms with Crippen LogP contribution in [0.1, 0.15) is 24.5 Å². The molecule has 0 radical (unpaired) electrons. The molecule has 1 N–H and O–H groups in total. The number of nitrogens with one attached hydrogen (secondary N) is 1. The van der Waals surface area contributed by atoms with Gasteiger partial charge in [0, 0.05) is 0 Å². The van der Waals surface area contributed by atoms with Crippen molar-refractivity contribution in [2.75, 3.05) is 20.3 Å². The number of ether oxygens (including phenoxy) is 3. The van der Waals surface area contributed by atoms with Gasteiger partial charge in [-0.1, -0.05) is 25.1 Å². The van der Waals surface area contributed by atoms with Crippen LogP contribution in [0.15, 0.2) is 42.5 Å². The lowest BCUT2D eigenvalue weighted by atomic mass is 10.1. The van der Waals surface area contributed by atoms with Crippen LogP contribution in [0.2, 0.25) is 0 Å². The first kappa shape index (κ1) is 19.6. The minimum atomic E-state index is -0.525. The van der Waals surface area contributed by atoms with Gasteiger partial charge in [-0.15, -0.1) is 0 Å². The predicted molar refractivity (Wildman–Crippen MR) is 102 cm³/mol. The van der Waals surface area contributed by atoms with Gasteiger partial charge in [-0.25, -0.2) is 0 Å². The number of benzene rings is 2. The molecule has 26 heavy (non-hydrogen) atoms. The standard InChI is InChI=1S/C21H27NO4/c1-5-18(26-17-11-10-15(2)16(3)14-17)21(23)22-12-13-25-20-9-7-6-8-19(20)24-4/h6-11,14,18H,5,12-13H2,1-4H3,(H,22,23)/t18-/m1/s1. The summed E-state index contributed by atoms with van der Waals surface area (Å²) >= 11 is 0. The van der Waals surface area contributed by atoms with E-state index in [0.29, 0.717) is 36.8 Å². The van der Waals surface area contributed by atoms with Crippen molar-refractivity contribution in [2.24, 2.45) is 0 Å². The van der Waals surface area contributed by atoms with E-state index in [1.165, 1.54) is 5.56 Å². The Kier molecular flexibility index (Phi) is 7.33. The maximum Gasteiger partial charge on any atom is 0.261 e. The maximum atomic E-state index is 12.3. The summed E-state index contributed by atoms with van der Waals surface area (Å²) in [4.78, 5) is 12.3. The van der Waals surface area contributed by atoms with E-state index >= 15 is 0 Å². The van der Waals surface area contributed by atoms with Crippen molar-refractivity contribution in [1.82, 2.24) is 5.32 Å². The van der Waals surface area contributed by atoms with Gasteiger partial charge in [-0.05, 0) is 55.7 Å². The highest BCUT2D eigenvalue weighted by molar-refractivity contribution is 5.81. The van der Waals surface area contributed by atoms with Crippen LogP contribution in [0, 0.1) is 13.8 Å². The molecule has 0 fully saturated rings. The molecule has 1 amide bonds. The Morgan fingerprint density at radius 2 is 1.81 bits per heavy atom. The van der Waals surface area contributed by atoms with Gasteiger partial charge >= 0.3 is 0 Å². The molecule has 0 aliphatic heterocycles. The average molecular weight is 357 g/mol. The van der Waals surface area contributed by atoms with Crippen molar-refractivity contribution < 1.29 is 19.0 Å². The van der Waals surface area contributed by atoms with Gasteiger partial charge < -0.3 is 19.5 Å². The molecule has 5 heteroatoms. The normalized spacial score (nSPS) is 11.5. The van der Waals surface area contributed by atoms with Crippen molar-refractivity contribution in [3.8, 4) is 17.2 Å². The summed E-state index contributed by atoms with van der Waals surface area (Å²) in [6.45, 7) is 6.75. The lowest BCUT2D eigenvalue weighted by Gasteiger charge is -2.18. The second-order valence-corrected chi connectivity index (χ2v) is 6.05. The van der Waals surface area contributed by atoms with E-state index in [4.69, 9.17) is 14.2 Å². The van der Waals surface area contributed by atoms with Crippen molar-refractivity contribution in [2.45, 2.75) is 33.3 Å². The summed E-state index contributed by atoms with van der Waals surface area (Å²) in [6, 6.07) is 13.3. The Hall–Kier alpha value is -2.69. The summed E-state index contributed by atoms with van der Waals surface area (Å²) in [7, 11) is 1.60. The van der Waals surface area contributed by atoms with Gasteiger partial charge in [-0.2, -0.15) is 0 Å². The molecule has 0 aliphatic rings. The first-order chi connectivity index (χ1) is 12.5. The molecule has 2 aromatic rings. The average Bonchev–Trinajstić information content (AvgIpc) is 2.66. The minimum absolute atomic E-state index is 0.144. The van der Waals surface area contributed by atoms with E-state index in [0.717, 1.165) is 5.56 Å². The number of rotatable bonds is 9. The molecule has 0 bridgehead atoms. The Morgan fingerprint density at radius 1 is 1.08 bits per heavy atom. The van der Waals surface area contributed by atoms with E-state index in [2.05, 4.69) is 5.32 Å². The fourth-order valence-electron chi connectivity index (χ4n) is 2.46. The first-order valence-electron chi connectivity index (χ1n) is 8.82. The molecule has 5 nitrogen and oxygen atoms in total. The van der Waals surface area contributed by atoms with E-state index in [-0.39, 0.29) is 5.91 Å². The van der Waals surface area contributed by atoms with Crippen molar-refractivity contribution in [3.63, 3.8) is 0 Å². The van der Waals surface area contributed by atoms with E-state index in [1.807, 2.05) is 63.2 Å².